The summed E-state index contributed by atoms with van der Waals surface area (Å²) in [5, 5.41) is 9.50. The third-order valence-corrected chi connectivity index (χ3v) is 2.38. The molecule has 1 N–H and O–H groups in total. The van der Waals surface area contributed by atoms with Crippen LogP contribution < -0.4 is 0 Å². The maximum Gasteiger partial charge on any atom is 0.154 e. The number of thioether (sulfide) groups is 1. The molecule has 0 aliphatic rings. The third kappa shape index (κ3) is 2.01. The highest BCUT2D eigenvalue weighted by Gasteiger charge is 2.09. The SMILES string of the molecule is CSCc1cnc(C)c(O)c1C=O. The van der Waals surface area contributed by atoms with Crippen LogP contribution in [-0.4, -0.2) is 22.6 Å². The largest absolute Gasteiger partial charge is 0.505 e. The molecule has 13 heavy (non-hydrogen) atoms. The fourth-order valence-corrected chi connectivity index (χ4v) is 1.60. The van der Waals surface area contributed by atoms with Crippen molar-refractivity contribution in [2.24, 2.45) is 0 Å². The number of aromatic hydroxyl groups is 1. The summed E-state index contributed by atoms with van der Waals surface area (Å²) in [5.74, 6) is 0.691. The molecule has 0 aliphatic carbocycles. The molecular weight excluding hydrogens is 186 g/mol. The molecule has 0 unspecified atom stereocenters. The molecule has 1 aromatic heterocycles. The summed E-state index contributed by atoms with van der Waals surface area (Å²) in [6.45, 7) is 1.67. The van der Waals surface area contributed by atoms with E-state index in [1.165, 1.54) is 0 Å². The van der Waals surface area contributed by atoms with E-state index in [2.05, 4.69) is 4.98 Å². The van der Waals surface area contributed by atoms with Crippen LogP contribution in [0.25, 0.3) is 0 Å². The normalized spacial score (nSPS) is 10.0. The lowest BCUT2D eigenvalue weighted by molar-refractivity contribution is 0.112. The van der Waals surface area contributed by atoms with Crippen molar-refractivity contribution in [2.45, 2.75) is 12.7 Å². The van der Waals surface area contributed by atoms with Gasteiger partial charge in [0.2, 0.25) is 0 Å². The van der Waals surface area contributed by atoms with Crippen molar-refractivity contribution in [2.75, 3.05) is 6.26 Å². The van der Waals surface area contributed by atoms with Crippen molar-refractivity contribution in [3.05, 3.63) is 23.0 Å². The minimum atomic E-state index is 0.00144. The van der Waals surface area contributed by atoms with Gasteiger partial charge in [-0.2, -0.15) is 11.8 Å². The molecule has 0 saturated carbocycles. The van der Waals surface area contributed by atoms with Crippen molar-refractivity contribution < 1.29 is 9.90 Å². The van der Waals surface area contributed by atoms with Crippen LogP contribution in [0.3, 0.4) is 0 Å². The lowest BCUT2D eigenvalue weighted by atomic mass is 10.1. The number of aldehydes is 1. The van der Waals surface area contributed by atoms with Crippen LogP contribution in [0.15, 0.2) is 6.20 Å². The minimum Gasteiger partial charge on any atom is -0.505 e. The van der Waals surface area contributed by atoms with Gasteiger partial charge in [0.05, 0.1) is 11.3 Å². The van der Waals surface area contributed by atoms with E-state index in [0.29, 0.717) is 23.3 Å². The first-order valence-corrected chi connectivity index (χ1v) is 5.21. The summed E-state index contributed by atoms with van der Waals surface area (Å²) >= 11 is 1.59. The van der Waals surface area contributed by atoms with Gasteiger partial charge in [-0.15, -0.1) is 0 Å². The number of carbonyl (C=O) groups is 1. The summed E-state index contributed by atoms with van der Waals surface area (Å²) in [6, 6.07) is 0. The lowest BCUT2D eigenvalue weighted by Crippen LogP contribution is -1.95. The first-order chi connectivity index (χ1) is 6.20. The van der Waals surface area contributed by atoms with Crippen LogP contribution in [0.1, 0.15) is 21.6 Å². The van der Waals surface area contributed by atoms with E-state index in [9.17, 15) is 9.90 Å². The van der Waals surface area contributed by atoms with Crippen molar-refractivity contribution in [3.63, 3.8) is 0 Å². The zero-order valence-corrected chi connectivity index (χ0v) is 8.39. The van der Waals surface area contributed by atoms with Crippen molar-refractivity contribution >= 4 is 18.0 Å². The number of hydrogen-bond acceptors (Lipinski definition) is 4. The standard InChI is InChI=1S/C9H11NO2S/c1-6-9(12)8(4-11)7(3-10-6)5-13-2/h3-4,12H,5H2,1-2H3. The molecule has 0 aromatic carbocycles. The fourth-order valence-electron chi connectivity index (χ4n) is 1.05. The molecular formula is C9H11NO2S. The molecule has 0 bridgehead atoms. The highest BCUT2D eigenvalue weighted by molar-refractivity contribution is 7.97. The van der Waals surface area contributed by atoms with E-state index in [4.69, 9.17) is 0 Å². The number of aromatic nitrogens is 1. The average molecular weight is 197 g/mol. The topological polar surface area (TPSA) is 50.2 Å². The van der Waals surface area contributed by atoms with Gasteiger partial charge in [-0.25, -0.2) is 0 Å². The quantitative estimate of drug-likeness (QED) is 0.750. The second kappa shape index (κ2) is 4.28. The number of nitrogens with zero attached hydrogens (tertiary/aromatic N) is 1. The van der Waals surface area contributed by atoms with Crippen molar-refractivity contribution in [1.82, 2.24) is 4.98 Å². The van der Waals surface area contributed by atoms with E-state index in [1.807, 2.05) is 6.26 Å². The first kappa shape index (κ1) is 10.1. The summed E-state index contributed by atoms with van der Waals surface area (Å²) in [5.41, 5.74) is 1.64. The Labute approximate surface area is 81.2 Å². The predicted octanol–water partition coefficient (Wildman–Crippen LogP) is 1.77. The van der Waals surface area contributed by atoms with Gasteiger partial charge in [0.15, 0.2) is 6.29 Å². The second-order valence-corrected chi connectivity index (χ2v) is 3.55. The van der Waals surface area contributed by atoms with Gasteiger partial charge < -0.3 is 5.11 Å². The van der Waals surface area contributed by atoms with E-state index < -0.39 is 0 Å². The second-order valence-electron chi connectivity index (χ2n) is 2.68. The Morgan fingerprint density at radius 1 is 1.69 bits per heavy atom. The molecule has 1 aromatic rings. The Balaban J connectivity index is 3.21. The van der Waals surface area contributed by atoms with Gasteiger partial charge in [-0.1, -0.05) is 0 Å². The summed E-state index contributed by atoms with van der Waals surface area (Å²) in [7, 11) is 0. The summed E-state index contributed by atoms with van der Waals surface area (Å²) < 4.78 is 0. The molecule has 0 spiro atoms. The van der Waals surface area contributed by atoms with Gasteiger partial charge in [-0.05, 0) is 18.7 Å². The van der Waals surface area contributed by atoms with Crippen LogP contribution in [0, 0.1) is 6.92 Å². The number of hydrogen-bond donors (Lipinski definition) is 1. The van der Waals surface area contributed by atoms with Gasteiger partial charge >= 0.3 is 0 Å². The lowest BCUT2D eigenvalue weighted by Gasteiger charge is -2.06. The average Bonchev–Trinajstić information content (AvgIpc) is 2.12. The number of pyridine rings is 1. The smallest absolute Gasteiger partial charge is 0.154 e. The van der Waals surface area contributed by atoms with Gasteiger partial charge in [0.1, 0.15) is 5.75 Å². The zero-order chi connectivity index (χ0) is 9.84. The van der Waals surface area contributed by atoms with Crippen LogP contribution >= 0.6 is 11.8 Å². The first-order valence-electron chi connectivity index (χ1n) is 3.82. The third-order valence-electron chi connectivity index (χ3n) is 1.78. The van der Waals surface area contributed by atoms with Gasteiger partial charge in [0.25, 0.3) is 0 Å². The van der Waals surface area contributed by atoms with E-state index in [0.717, 1.165) is 5.56 Å². The molecule has 70 valence electrons. The molecule has 0 radical (unpaired) electrons. The van der Waals surface area contributed by atoms with Crippen LogP contribution in [0.5, 0.6) is 5.75 Å². The highest BCUT2D eigenvalue weighted by atomic mass is 32.2. The van der Waals surface area contributed by atoms with Crippen LogP contribution in [0.2, 0.25) is 0 Å². The minimum absolute atomic E-state index is 0.00144. The highest BCUT2D eigenvalue weighted by Crippen LogP contribution is 2.23. The van der Waals surface area contributed by atoms with E-state index in [1.54, 1.807) is 24.9 Å². The van der Waals surface area contributed by atoms with Gasteiger partial charge in [-0.3, -0.25) is 9.78 Å². The van der Waals surface area contributed by atoms with E-state index in [-0.39, 0.29) is 5.75 Å². The van der Waals surface area contributed by atoms with Gasteiger partial charge in [0, 0.05) is 11.9 Å². The fraction of sp³-hybridized carbons (Fsp3) is 0.333. The predicted molar refractivity (Wildman–Crippen MR) is 53.2 cm³/mol. The van der Waals surface area contributed by atoms with Crippen LogP contribution in [-0.2, 0) is 5.75 Å². The Bertz CT molecular complexity index is 326. The Morgan fingerprint density at radius 3 is 2.92 bits per heavy atom. The molecule has 1 heterocycles. The molecule has 1 rings (SSSR count). The molecule has 0 saturated heterocycles. The summed E-state index contributed by atoms with van der Waals surface area (Å²) in [4.78, 5) is 14.7. The molecule has 0 amide bonds. The number of carbonyl (C=O) groups excluding carboxylic acids is 1. The Morgan fingerprint density at radius 2 is 2.38 bits per heavy atom. The Hall–Kier alpha value is -1.03. The number of rotatable bonds is 3. The number of aryl methyl sites for hydroxylation is 1. The van der Waals surface area contributed by atoms with E-state index >= 15 is 0 Å². The van der Waals surface area contributed by atoms with Crippen molar-refractivity contribution in [1.29, 1.82) is 0 Å². The molecule has 0 aliphatic heterocycles. The molecule has 3 nitrogen and oxygen atoms in total. The maximum absolute atomic E-state index is 10.7. The zero-order valence-electron chi connectivity index (χ0n) is 7.57. The molecule has 0 atom stereocenters. The monoisotopic (exact) mass is 197 g/mol. The molecule has 4 heteroatoms. The maximum atomic E-state index is 10.7. The Kier molecular flexibility index (Phi) is 3.31. The van der Waals surface area contributed by atoms with Crippen molar-refractivity contribution in [3.8, 4) is 5.75 Å². The van der Waals surface area contributed by atoms with Crippen LogP contribution in [0.4, 0.5) is 0 Å². The summed E-state index contributed by atoms with van der Waals surface area (Å²) in [6.07, 6.45) is 4.25. The molecule has 0 fully saturated rings.